The van der Waals surface area contributed by atoms with Crippen LogP contribution in [-0.4, -0.2) is 35.9 Å². The Kier molecular flexibility index (Phi) is 6.82. The van der Waals surface area contributed by atoms with Gasteiger partial charge in [-0.05, 0) is 37.3 Å². The summed E-state index contributed by atoms with van der Waals surface area (Å²) >= 11 is 0. The number of aromatic hydroxyl groups is 2. The lowest BCUT2D eigenvalue weighted by Gasteiger charge is -2.10. The molecule has 2 aromatic carbocycles. The molecular formula is C24H22N2O7. The van der Waals surface area contributed by atoms with Crippen molar-refractivity contribution in [2.24, 2.45) is 4.99 Å². The van der Waals surface area contributed by atoms with Crippen LogP contribution in [0.2, 0.25) is 0 Å². The molecule has 0 unspecified atom stereocenters. The molecule has 0 aliphatic heterocycles. The molecule has 9 heteroatoms. The zero-order chi connectivity index (χ0) is 24.1. The van der Waals surface area contributed by atoms with Crippen LogP contribution in [0.15, 0.2) is 62.7 Å². The van der Waals surface area contributed by atoms with E-state index < -0.39 is 28.7 Å². The number of ketones is 1. The van der Waals surface area contributed by atoms with Gasteiger partial charge in [0.1, 0.15) is 16.9 Å². The first-order valence-corrected chi connectivity index (χ1v) is 9.71. The van der Waals surface area contributed by atoms with Crippen LogP contribution in [0.5, 0.6) is 23.2 Å². The maximum Gasteiger partial charge on any atom is 0.351 e. The molecule has 0 radical (unpaired) electrons. The number of aliphatic imine (C=N–C) groups is 1. The quantitative estimate of drug-likeness (QED) is 0.214. The molecule has 1 aromatic heterocycles. The highest BCUT2D eigenvalue weighted by Gasteiger charge is 2.25. The Labute approximate surface area is 189 Å². The largest absolute Gasteiger partial charge is 0.506 e. The fourth-order valence-corrected chi connectivity index (χ4v) is 3.17. The van der Waals surface area contributed by atoms with Gasteiger partial charge in [0.25, 0.3) is 5.95 Å². The number of nitrogens with zero attached hydrogens (tertiary/aromatic N) is 1. The number of rotatable bonds is 7. The van der Waals surface area contributed by atoms with Crippen molar-refractivity contribution in [3.63, 3.8) is 0 Å². The van der Waals surface area contributed by atoms with Crippen LogP contribution in [-0.2, 0) is 0 Å². The fraction of sp³-hybridized carbons (Fsp3) is 0.125. The number of nitrogens with two attached hydrogens (primary N) is 1. The van der Waals surface area contributed by atoms with Gasteiger partial charge >= 0.3 is 5.63 Å². The Morgan fingerprint density at radius 1 is 1.06 bits per heavy atom. The number of benzene rings is 2. The second-order valence-corrected chi connectivity index (χ2v) is 6.83. The van der Waals surface area contributed by atoms with Gasteiger partial charge in [-0.15, -0.1) is 0 Å². The molecule has 0 saturated carbocycles. The standard InChI is InChI=1S/C24H22N2O7/c1-13(26-16-9-5-4-8-15(16)25)19-21(28)20(24(30)33-23(19)29)17(27)12-11-14-7-6-10-18(31-2)22(14)32-3/h4-12,28,30H,25H2,1-3H3. The fourth-order valence-electron chi connectivity index (χ4n) is 3.17. The lowest BCUT2D eigenvalue weighted by Crippen LogP contribution is -2.15. The molecule has 170 valence electrons. The van der Waals surface area contributed by atoms with Gasteiger partial charge in [0, 0.05) is 5.56 Å². The van der Waals surface area contributed by atoms with Gasteiger partial charge in [-0.25, -0.2) is 4.79 Å². The third kappa shape index (κ3) is 4.72. The Bertz CT molecular complexity index is 1320. The molecule has 3 rings (SSSR count). The molecule has 3 aromatic rings. The number of allylic oxidation sites excluding steroid dienone is 1. The smallest absolute Gasteiger partial charge is 0.351 e. The first-order chi connectivity index (χ1) is 15.8. The van der Waals surface area contributed by atoms with Crippen molar-refractivity contribution >= 4 is 28.9 Å². The van der Waals surface area contributed by atoms with Crippen LogP contribution in [0.1, 0.15) is 28.4 Å². The molecule has 0 spiro atoms. The zero-order valence-electron chi connectivity index (χ0n) is 18.2. The van der Waals surface area contributed by atoms with Crippen molar-refractivity contribution in [3.8, 4) is 23.2 Å². The van der Waals surface area contributed by atoms with Crippen molar-refractivity contribution in [3.05, 3.63) is 75.7 Å². The lowest BCUT2D eigenvalue weighted by atomic mass is 10.0. The molecule has 1 heterocycles. The van der Waals surface area contributed by atoms with E-state index in [0.717, 1.165) is 6.08 Å². The number of ether oxygens (including phenoxy) is 2. The minimum atomic E-state index is -1.06. The van der Waals surface area contributed by atoms with Gasteiger partial charge in [-0.3, -0.25) is 9.79 Å². The van der Waals surface area contributed by atoms with E-state index in [9.17, 15) is 19.8 Å². The Morgan fingerprint density at radius 3 is 2.45 bits per heavy atom. The molecule has 0 atom stereocenters. The summed E-state index contributed by atoms with van der Waals surface area (Å²) in [5.41, 5.74) is 5.13. The topological polar surface area (TPSA) is 145 Å². The summed E-state index contributed by atoms with van der Waals surface area (Å²) < 4.78 is 15.3. The van der Waals surface area contributed by atoms with E-state index in [0.29, 0.717) is 28.4 Å². The lowest BCUT2D eigenvalue weighted by molar-refractivity contribution is 0.103. The highest BCUT2D eigenvalue weighted by molar-refractivity contribution is 6.13. The van der Waals surface area contributed by atoms with E-state index in [2.05, 4.69) is 4.99 Å². The summed E-state index contributed by atoms with van der Waals surface area (Å²) in [7, 11) is 2.93. The van der Waals surface area contributed by atoms with Crippen molar-refractivity contribution < 1.29 is 28.9 Å². The molecule has 0 saturated heterocycles. The van der Waals surface area contributed by atoms with E-state index >= 15 is 0 Å². The maximum atomic E-state index is 12.8. The van der Waals surface area contributed by atoms with Gasteiger partial charge in [0.15, 0.2) is 17.3 Å². The first-order valence-electron chi connectivity index (χ1n) is 9.71. The second kappa shape index (κ2) is 9.73. The molecular weight excluding hydrogens is 428 g/mol. The maximum absolute atomic E-state index is 12.8. The predicted molar refractivity (Wildman–Crippen MR) is 124 cm³/mol. The second-order valence-electron chi connectivity index (χ2n) is 6.83. The van der Waals surface area contributed by atoms with E-state index in [1.54, 1.807) is 42.5 Å². The van der Waals surface area contributed by atoms with Crippen molar-refractivity contribution in [1.82, 2.24) is 0 Å². The predicted octanol–water partition coefficient (Wildman–Crippen LogP) is 3.69. The van der Waals surface area contributed by atoms with Crippen molar-refractivity contribution in [2.75, 3.05) is 20.0 Å². The van der Waals surface area contributed by atoms with E-state index in [-0.39, 0.29) is 11.3 Å². The number of carbonyl (C=O) groups is 1. The van der Waals surface area contributed by atoms with Crippen molar-refractivity contribution in [1.29, 1.82) is 0 Å². The van der Waals surface area contributed by atoms with Gasteiger partial charge in [-0.1, -0.05) is 24.3 Å². The number of anilines is 1. The number of hydrogen-bond acceptors (Lipinski definition) is 9. The van der Waals surface area contributed by atoms with Crippen LogP contribution in [0.25, 0.3) is 6.08 Å². The molecule has 0 aliphatic carbocycles. The minimum Gasteiger partial charge on any atom is -0.506 e. The molecule has 33 heavy (non-hydrogen) atoms. The van der Waals surface area contributed by atoms with Gasteiger partial charge < -0.3 is 29.8 Å². The highest BCUT2D eigenvalue weighted by Crippen LogP contribution is 2.33. The van der Waals surface area contributed by atoms with E-state index in [1.165, 1.54) is 27.2 Å². The van der Waals surface area contributed by atoms with Gasteiger partial charge in [0.05, 0.1) is 31.3 Å². The molecule has 4 N–H and O–H groups in total. The Morgan fingerprint density at radius 2 is 1.79 bits per heavy atom. The van der Waals surface area contributed by atoms with Gasteiger partial charge in [0.2, 0.25) is 0 Å². The molecule has 9 nitrogen and oxygen atoms in total. The van der Waals surface area contributed by atoms with E-state index in [4.69, 9.17) is 19.6 Å². The molecule has 0 amide bonds. The first kappa shape index (κ1) is 23.1. The zero-order valence-corrected chi connectivity index (χ0v) is 18.2. The third-order valence-electron chi connectivity index (χ3n) is 4.76. The van der Waals surface area contributed by atoms with Crippen LogP contribution in [0, 0.1) is 0 Å². The summed E-state index contributed by atoms with van der Waals surface area (Å²) in [4.78, 5) is 29.4. The van der Waals surface area contributed by atoms with Gasteiger partial charge in [-0.2, -0.15) is 0 Å². The van der Waals surface area contributed by atoms with Crippen LogP contribution in [0.3, 0.4) is 0 Å². The number of carbonyl (C=O) groups excluding carboxylic acids is 1. The Hall–Kier alpha value is -4.53. The summed E-state index contributed by atoms with van der Waals surface area (Å²) in [6.07, 6.45) is 2.51. The minimum absolute atomic E-state index is 0.0478. The van der Waals surface area contributed by atoms with Crippen LogP contribution < -0.4 is 20.8 Å². The molecule has 0 bridgehead atoms. The average Bonchev–Trinajstić information content (AvgIpc) is 2.78. The molecule has 0 fully saturated rings. The van der Waals surface area contributed by atoms with Crippen LogP contribution >= 0.6 is 0 Å². The number of methoxy groups -OCH3 is 2. The van der Waals surface area contributed by atoms with E-state index in [1.807, 2.05) is 0 Å². The molecule has 0 aliphatic rings. The number of para-hydroxylation sites is 3. The normalized spacial score (nSPS) is 11.5. The van der Waals surface area contributed by atoms with Crippen LogP contribution in [0.4, 0.5) is 11.4 Å². The summed E-state index contributed by atoms with van der Waals surface area (Å²) in [6.45, 7) is 1.45. The number of hydrogen-bond donors (Lipinski definition) is 3. The monoisotopic (exact) mass is 450 g/mol. The third-order valence-corrected chi connectivity index (χ3v) is 4.76. The van der Waals surface area contributed by atoms with Crippen molar-refractivity contribution in [2.45, 2.75) is 6.92 Å². The summed E-state index contributed by atoms with van der Waals surface area (Å²) in [6, 6.07) is 11.7. The highest BCUT2D eigenvalue weighted by atomic mass is 16.5. The number of nitrogen functional groups attached to an aromatic ring is 1. The summed E-state index contributed by atoms with van der Waals surface area (Å²) in [5.74, 6) is -1.74. The average molecular weight is 450 g/mol. The SMILES string of the molecule is COc1cccc(C=CC(=O)c2c(O)oc(=O)c(C(C)=Nc3ccccc3N)c2O)c1OC. The Balaban J connectivity index is 2.05. The summed E-state index contributed by atoms with van der Waals surface area (Å²) in [5, 5.41) is 20.8.